The fourth-order valence-electron chi connectivity index (χ4n) is 5.55. The van der Waals surface area contributed by atoms with Gasteiger partial charge in [-0.05, 0) is 42.9 Å². The van der Waals surface area contributed by atoms with Gasteiger partial charge < -0.3 is 25.0 Å². The number of rotatable bonds is 7. The number of aromatic nitrogens is 2. The third-order valence-electron chi connectivity index (χ3n) is 7.70. The van der Waals surface area contributed by atoms with Crippen molar-refractivity contribution in [1.82, 2.24) is 14.5 Å². The highest BCUT2D eigenvalue weighted by molar-refractivity contribution is 5.95. The normalized spacial score (nSPS) is 24.0. The molecule has 2 heterocycles. The maximum atomic E-state index is 12.5. The summed E-state index contributed by atoms with van der Waals surface area (Å²) in [6.45, 7) is 0.392. The quantitative estimate of drug-likeness (QED) is 0.544. The first-order valence-corrected chi connectivity index (χ1v) is 12.4. The first kappa shape index (κ1) is 23.7. The maximum absolute atomic E-state index is 12.5. The van der Waals surface area contributed by atoms with E-state index in [2.05, 4.69) is 21.7 Å². The van der Waals surface area contributed by atoms with Crippen LogP contribution in [0.25, 0.3) is 11.3 Å². The van der Waals surface area contributed by atoms with Crippen molar-refractivity contribution >= 4 is 5.91 Å². The van der Waals surface area contributed by atoms with Crippen LogP contribution in [0.5, 0.6) is 0 Å². The molecule has 1 aliphatic carbocycles. The van der Waals surface area contributed by atoms with E-state index in [9.17, 15) is 9.90 Å². The van der Waals surface area contributed by atoms with Crippen molar-refractivity contribution in [3.63, 3.8) is 0 Å². The fourth-order valence-corrected chi connectivity index (χ4v) is 5.55. The van der Waals surface area contributed by atoms with Crippen molar-refractivity contribution in [2.45, 2.75) is 62.5 Å². The highest BCUT2D eigenvalue weighted by Gasteiger charge is 2.41. The number of aliphatic hydroxyl groups excluding tert-OH is 1. The number of amides is 1. The highest BCUT2D eigenvalue weighted by atomic mass is 16.5. The van der Waals surface area contributed by atoms with Crippen LogP contribution in [-0.4, -0.2) is 57.3 Å². The van der Waals surface area contributed by atoms with E-state index in [4.69, 9.17) is 10.5 Å². The van der Waals surface area contributed by atoms with Gasteiger partial charge in [0, 0.05) is 37.2 Å². The molecule has 2 unspecified atom stereocenters. The van der Waals surface area contributed by atoms with Gasteiger partial charge in [-0.15, -0.1) is 0 Å². The van der Waals surface area contributed by atoms with Crippen LogP contribution in [0.3, 0.4) is 0 Å². The summed E-state index contributed by atoms with van der Waals surface area (Å²) in [6.07, 6.45) is 6.69. The zero-order chi connectivity index (χ0) is 24.6. The zero-order valence-corrected chi connectivity index (χ0v) is 20.4. The number of fused-ring (bicyclic) bond motifs is 3. The van der Waals surface area contributed by atoms with E-state index < -0.39 is 11.6 Å². The Morgan fingerprint density at radius 2 is 1.91 bits per heavy atom. The zero-order valence-electron chi connectivity index (χ0n) is 20.4. The molecule has 1 saturated carbocycles. The molecule has 7 nitrogen and oxygen atoms in total. The summed E-state index contributed by atoms with van der Waals surface area (Å²) in [5.41, 5.74) is 11.2. The summed E-state index contributed by atoms with van der Waals surface area (Å²) in [6, 6.07) is 16.0. The molecule has 184 valence electrons. The lowest BCUT2D eigenvalue weighted by molar-refractivity contribution is -0.0269. The second-order valence-electron chi connectivity index (χ2n) is 10.1. The van der Waals surface area contributed by atoms with Crippen molar-refractivity contribution in [2.75, 3.05) is 14.1 Å². The second kappa shape index (κ2) is 9.57. The third-order valence-corrected chi connectivity index (χ3v) is 7.70. The van der Waals surface area contributed by atoms with E-state index in [0.29, 0.717) is 31.4 Å². The number of hydrogen-bond acceptors (Lipinski definition) is 5. The molecule has 2 aromatic carbocycles. The minimum absolute atomic E-state index is 0.0218. The van der Waals surface area contributed by atoms with E-state index in [-0.39, 0.29) is 18.1 Å². The first-order valence-electron chi connectivity index (χ1n) is 12.4. The smallest absolute Gasteiger partial charge is 0.253 e. The summed E-state index contributed by atoms with van der Waals surface area (Å²) >= 11 is 0. The molecule has 3 aromatic rings. The molecule has 1 aromatic heterocycles. The summed E-state index contributed by atoms with van der Waals surface area (Å²) in [4.78, 5) is 18.4. The van der Waals surface area contributed by atoms with Gasteiger partial charge in [0.05, 0.1) is 43.1 Å². The Morgan fingerprint density at radius 3 is 2.69 bits per heavy atom. The van der Waals surface area contributed by atoms with Crippen LogP contribution in [0, 0.1) is 0 Å². The van der Waals surface area contributed by atoms with E-state index in [1.165, 1.54) is 11.1 Å². The number of benzene rings is 2. The first-order chi connectivity index (χ1) is 16.9. The van der Waals surface area contributed by atoms with Crippen LogP contribution in [0.15, 0.2) is 61.1 Å². The Morgan fingerprint density at radius 1 is 1.20 bits per heavy atom. The average molecular weight is 475 g/mol. The molecule has 0 saturated heterocycles. The molecule has 2 atom stereocenters. The molecule has 0 spiro atoms. The number of aliphatic hydroxyl groups is 1. The van der Waals surface area contributed by atoms with Gasteiger partial charge in [-0.25, -0.2) is 4.98 Å². The van der Waals surface area contributed by atoms with Crippen molar-refractivity contribution in [3.8, 4) is 11.3 Å². The molecule has 0 bridgehead atoms. The topological polar surface area (TPSA) is 93.6 Å². The molecular weight excluding hydrogens is 440 g/mol. The molecule has 0 radical (unpaired) electrons. The van der Waals surface area contributed by atoms with E-state index in [1.807, 2.05) is 48.9 Å². The number of imidazole rings is 1. The number of ether oxygens (including phenoxy) is 1. The van der Waals surface area contributed by atoms with Gasteiger partial charge in [0.2, 0.25) is 0 Å². The van der Waals surface area contributed by atoms with Gasteiger partial charge in [-0.1, -0.05) is 42.5 Å². The van der Waals surface area contributed by atoms with Gasteiger partial charge in [0.15, 0.2) is 0 Å². The molecule has 1 aliphatic heterocycles. The van der Waals surface area contributed by atoms with Gasteiger partial charge in [0.1, 0.15) is 0 Å². The number of nitrogens with two attached hydrogens (primary N) is 1. The van der Waals surface area contributed by atoms with E-state index in [0.717, 1.165) is 24.1 Å². The monoisotopic (exact) mass is 474 g/mol. The number of hydrogen-bond donors (Lipinski definition) is 2. The standard InChI is InChI=1S/C28H34N4O3/c1-31(2)27(34)21-8-4-3-7-19(21)17-35-20-11-13-28(29,14-12-20)26(33)15-24-22-9-5-6-10-23(22)25-16-30-18-32(24)25/h3-10,16,18,20,24,26,33H,11-15,17,29H2,1-2H3. The van der Waals surface area contributed by atoms with Crippen LogP contribution < -0.4 is 5.73 Å². The summed E-state index contributed by atoms with van der Waals surface area (Å²) < 4.78 is 8.36. The van der Waals surface area contributed by atoms with Crippen LogP contribution in [0.4, 0.5) is 0 Å². The SMILES string of the molecule is CN(C)C(=O)c1ccccc1COC1CCC(N)(C(O)CC2c3ccccc3-c3cncn32)CC1. The molecular formula is C28H34N4O3. The van der Waals surface area contributed by atoms with Crippen molar-refractivity contribution in [1.29, 1.82) is 0 Å². The predicted molar refractivity (Wildman–Crippen MR) is 135 cm³/mol. The fraction of sp³-hybridized carbons (Fsp3) is 0.429. The summed E-state index contributed by atoms with van der Waals surface area (Å²) in [5, 5.41) is 11.3. The molecule has 5 rings (SSSR count). The Bertz CT molecular complexity index is 1200. The lowest BCUT2D eigenvalue weighted by atomic mass is 9.75. The largest absolute Gasteiger partial charge is 0.391 e. The van der Waals surface area contributed by atoms with E-state index >= 15 is 0 Å². The maximum Gasteiger partial charge on any atom is 0.253 e. The summed E-state index contributed by atoms with van der Waals surface area (Å²) in [7, 11) is 3.51. The average Bonchev–Trinajstić information content (AvgIpc) is 3.46. The number of carbonyl (C=O) groups excluding carboxylic acids is 1. The number of carbonyl (C=O) groups is 1. The van der Waals surface area contributed by atoms with Gasteiger partial charge in [-0.3, -0.25) is 4.79 Å². The van der Waals surface area contributed by atoms with Crippen LogP contribution >= 0.6 is 0 Å². The molecule has 7 heteroatoms. The molecule has 1 fully saturated rings. The molecule has 35 heavy (non-hydrogen) atoms. The van der Waals surface area contributed by atoms with Crippen molar-refractivity contribution < 1.29 is 14.6 Å². The number of nitrogens with zero attached hydrogens (tertiary/aromatic N) is 3. The van der Waals surface area contributed by atoms with Crippen molar-refractivity contribution in [2.24, 2.45) is 5.73 Å². The summed E-state index contributed by atoms with van der Waals surface area (Å²) in [5.74, 6) is -0.0218. The predicted octanol–water partition coefficient (Wildman–Crippen LogP) is 3.76. The van der Waals surface area contributed by atoms with Crippen LogP contribution in [0.2, 0.25) is 0 Å². The minimum Gasteiger partial charge on any atom is -0.391 e. The Labute approximate surface area is 206 Å². The lowest BCUT2D eigenvalue weighted by Crippen LogP contribution is -2.54. The minimum atomic E-state index is -0.642. The van der Waals surface area contributed by atoms with Gasteiger partial charge in [-0.2, -0.15) is 0 Å². The molecule has 2 aliphatic rings. The van der Waals surface area contributed by atoms with Gasteiger partial charge >= 0.3 is 0 Å². The Hall–Kier alpha value is -3.00. The highest BCUT2D eigenvalue weighted by Crippen LogP contribution is 2.43. The molecule has 1 amide bonds. The van der Waals surface area contributed by atoms with Gasteiger partial charge in [0.25, 0.3) is 5.91 Å². The lowest BCUT2D eigenvalue weighted by Gasteiger charge is -2.41. The van der Waals surface area contributed by atoms with Crippen LogP contribution in [0.1, 0.15) is 59.6 Å². The van der Waals surface area contributed by atoms with Crippen molar-refractivity contribution in [3.05, 3.63) is 77.7 Å². The third kappa shape index (κ3) is 4.51. The van der Waals surface area contributed by atoms with Crippen LogP contribution in [-0.2, 0) is 11.3 Å². The van der Waals surface area contributed by atoms with E-state index in [1.54, 1.807) is 19.0 Å². The second-order valence-corrected chi connectivity index (χ2v) is 10.1. The Balaban J connectivity index is 1.20. The Kier molecular flexibility index (Phi) is 6.49. The molecule has 3 N–H and O–H groups in total.